The van der Waals surface area contributed by atoms with Gasteiger partial charge in [-0.3, -0.25) is 4.79 Å². The van der Waals surface area contributed by atoms with E-state index in [9.17, 15) is 4.79 Å². The molecule has 2 N–H and O–H groups in total. The number of nitrogens with zero attached hydrogens (tertiary/aromatic N) is 1. The maximum atomic E-state index is 12.1. The number of carbonyl (C=O) groups is 1. The Morgan fingerprint density at radius 2 is 2.15 bits per heavy atom. The molecule has 2 rings (SSSR count). The lowest BCUT2D eigenvalue weighted by Crippen LogP contribution is -2.12. The molecule has 20 heavy (non-hydrogen) atoms. The number of rotatable bonds is 4. The molecule has 1 aromatic carbocycles. The molecule has 0 spiro atoms. The summed E-state index contributed by atoms with van der Waals surface area (Å²) < 4.78 is 0. The quantitative estimate of drug-likeness (QED) is 0.904. The van der Waals surface area contributed by atoms with Crippen molar-refractivity contribution < 1.29 is 4.79 Å². The summed E-state index contributed by atoms with van der Waals surface area (Å²) in [4.78, 5) is 16.2. The second kappa shape index (κ2) is 6.39. The molecule has 0 unspecified atom stereocenters. The van der Waals surface area contributed by atoms with Crippen molar-refractivity contribution in [1.29, 1.82) is 0 Å². The highest BCUT2D eigenvalue weighted by Crippen LogP contribution is 2.20. The topological polar surface area (TPSA) is 54.0 Å². The number of hydrogen-bond acceptors (Lipinski definition) is 3. The molecule has 1 aromatic heterocycles. The van der Waals surface area contributed by atoms with Crippen molar-refractivity contribution in [3.8, 4) is 0 Å². The summed E-state index contributed by atoms with van der Waals surface area (Å²) in [7, 11) is 1.73. The maximum Gasteiger partial charge on any atom is 0.257 e. The van der Waals surface area contributed by atoms with E-state index >= 15 is 0 Å². The summed E-state index contributed by atoms with van der Waals surface area (Å²) in [6.45, 7) is 2.07. The Hall–Kier alpha value is -2.07. The number of benzene rings is 1. The van der Waals surface area contributed by atoms with Crippen molar-refractivity contribution >= 4 is 29.0 Å². The molecular weight excluding hydrogens is 274 g/mol. The van der Waals surface area contributed by atoms with E-state index in [1.54, 1.807) is 13.1 Å². The van der Waals surface area contributed by atoms with E-state index in [0.29, 0.717) is 16.4 Å². The summed E-state index contributed by atoms with van der Waals surface area (Å²) in [5.41, 5.74) is 2.36. The molecule has 0 saturated heterocycles. The van der Waals surface area contributed by atoms with Crippen LogP contribution in [-0.2, 0) is 6.42 Å². The molecular formula is C15H16ClN3O. The molecule has 2 aromatic rings. The molecule has 0 atom stereocenters. The van der Waals surface area contributed by atoms with Crippen molar-refractivity contribution in [2.24, 2.45) is 0 Å². The minimum absolute atomic E-state index is 0.227. The Morgan fingerprint density at radius 3 is 2.80 bits per heavy atom. The lowest BCUT2D eigenvalue weighted by molar-refractivity contribution is 0.102. The van der Waals surface area contributed by atoms with Gasteiger partial charge >= 0.3 is 0 Å². The number of aryl methyl sites for hydroxylation is 1. The zero-order valence-corrected chi connectivity index (χ0v) is 12.2. The van der Waals surface area contributed by atoms with Gasteiger partial charge in [0.25, 0.3) is 5.91 Å². The van der Waals surface area contributed by atoms with E-state index in [2.05, 4.69) is 22.5 Å². The molecule has 0 aliphatic carbocycles. The molecule has 4 nitrogen and oxygen atoms in total. The summed E-state index contributed by atoms with van der Waals surface area (Å²) in [5.74, 6) is 0.325. The van der Waals surface area contributed by atoms with Gasteiger partial charge in [-0.2, -0.15) is 0 Å². The van der Waals surface area contributed by atoms with Crippen LogP contribution in [0.4, 0.5) is 11.5 Å². The molecule has 0 aliphatic heterocycles. The molecule has 1 amide bonds. The standard InChI is InChI=1S/C15H16ClN3O/c1-3-10-5-4-6-12(7-10)19-15(20)11-8-13(16)14(17-2)18-9-11/h4-9H,3H2,1-2H3,(H,17,18)(H,19,20). The molecule has 0 radical (unpaired) electrons. The van der Waals surface area contributed by atoms with Gasteiger partial charge in [0.1, 0.15) is 5.82 Å². The number of halogens is 1. The van der Waals surface area contributed by atoms with Crippen molar-refractivity contribution in [2.75, 3.05) is 17.7 Å². The van der Waals surface area contributed by atoms with Crippen LogP contribution in [-0.4, -0.2) is 17.9 Å². The van der Waals surface area contributed by atoms with Crippen LogP contribution in [0.5, 0.6) is 0 Å². The molecule has 1 heterocycles. The van der Waals surface area contributed by atoms with Gasteiger partial charge in [0.2, 0.25) is 0 Å². The van der Waals surface area contributed by atoms with Crippen LogP contribution in [0, 0.1) is 0 Å². The van der Waals surface area contributed by atoms with Crippen molar-refractivity contribution in [1.82, 2.24) is 4.98 Å². The minimum atomic E-state index is -0.227. The van der Waals surface area contributed by atoms with Gasteiger partial charge in [0, 0.05) is 18.9 Å². The number of nitrogens with one attached hydrogen (secondary N) is 2. The summed E-state index contributed by atoms with van der Waals surface area (Å²) in [6, 6.07) is 9.35. The predicted octanol–water partition coefficient (Wildman–Crippen LogP) is 3.59. The van der Waals surface area contributed by atoms with Crippen LogP contribution in [0.15, 0.2) is 36.5 Å². The van der Waals surface area contributed by atoms with Crippen LogP contribution in [0.2, 0.25) is 5.02 Å². The van der Waals surface area contributed by atoms with E-state index in [-0.39, 0.29) is 5.91 Å². The smallest absolute Gasteiger partial charge is 0.257 e. The van der Waals surface area contributed by atoms with Crippen molar-refractivity contribution in [2.45, 2.75) is 13.3 Å². The van der Waals surface area contributed by atoms with Crippen LogP contribution >= 0.6 is 11.6 Å². The Balaban J connectivity index is 2.17. The van der Waals surface area contributed by atoms with Crippen LogP contribution < -0.4 is 10.6 Å². The van der Waals surface area contributed by atoms with Crippen molar-refractivity contribution in [3.63, 3.8) is 0 Å². The first kappa shape index (κ1) is 14.3. The van der Waals surface area contributed by atoms with Gasteiger partial charge in [-0.05, 0) is 30.2 Å². The number of hydrogen-bond donors (Lipinski definition) is 2. The lowest BCUT2D eigenvalue weighted by atomic mass is 10.1. The van der Waals surface area contributed by atoms with Crippen molar-refractivity contribution in [3.05, 3.63) is 52.7 Å². The molecule has 0 bridgehead atoms. The van der Waals surface area contributed by atoms with E-state index in [4.69, 9.17) is 11.6 Å². The molecule has 0 fully saturated rings. The van der Waals surface area contributed by atoms with Crippen LogP contribution in [0.25, 0.3) is 0 Å². The van der Waals surface area contributed by atoms with E-state index in [1.807, 2.05) is 24.3 Å². The number of amides is 1. The predicted molar refractivity (Wildman–Crippen MR) is 82.6 cm³/mol. The molecule has 0 saturated carbocycles. The molecule has 0 aliphatic rings. The maximum absolute atomic E-state index is 12.1. The average Bonchev–Trinajstić information content (AvgIpc) is 2.47. The number of aromatic nitrogens is 1. The van der Waals surface area contributed by atoms with Gasteiger partial charge in [0.05, 0.1) is 10.6 Å². The molecule has 5 heteroatoms. The third kappa shape index (κ3) is 3.27. The highest BCUT2D eigenvalue weighted by molar-refractivity contribution is 6.33. The first-order chi connectivity index (χ1) is 9.63. The number of pyridine rings is 1. The first-order valence-electron chi connectivity index (χ1n) is 6.37. The third-order valence-electron chi connectivity index (χ3n) is 2.93. The Kier molecular flexibility index (Phi) is 4.58. The van der Waals surface area contributed by atoms with Gasteiger partial charge in [0.15, 0.2) is 0 Å². The highest BCUT2D eigenvalue weighted by atomic mass is 35.5. The van der Waals surface area contributed by atoms with E-state index in [0.717, 1.165) is 12.1 Å². The average molecular weight is 290 g/mol. The van der Waals surface area contributed by atoms with E-state index in [1.165, 1.54) is 11.8 Å². The zero-order valence-electron chi connectivity index (χ0n) is 11.4. The number of carbonyl (C=O) groups excluding carboxylic acids is 1. The SMILES string of the molecule is CCc1cccc(NC(=O)c2cnc(NC)c(Cl)c2)c1. The molecule has 104 valence electrons. The van der Waals surface area contributed by atoms with Gasteiger partial charge in [-0.25, -0.2) is 4.98 Å². The Labute approximate surface area is 123 Å². The summed E-state index contributed by atoms with van der Waals surface area (Å²) in [5, 5.41) is 6.11. The van der Waals surface area contributed by atoms with E-state index < -0.39 is 0 Å². The van der Waals surface area contributed by atoms with Crippen LogP contribution in [0.1, 0.15) is 22.8 Å². The summed E-state index contributed by atoms with van der Waals surface area (Å²) >= 11 is 6.02. The fourth-order valence-corrected chi connectivity index (χ4v) is 2.08. The normalized spacial score (nSPS) is 10.2. The fraction of sp³-hybridized carbons (Fsp3) is 0.200. The van der Waals surface area contributed by atoms with Gasteiger partial charge in [-0.1, -0.05) is 30.7 Å². The summed E-state index contributed by atoms with van der Waals surface area (Å²) in [6.07, 6.45) is 2.42. The van der Waals surface area contributed by atoms with Gasteiger partial charge in [-0.15, -0.1) is 0 Å². The number of anilines is 2. The fourth-order valence-electron chi connectivity index (χ4n) is 1.82. The second-order valence-electron chi connectivity index (χ2n) is 4.31. The lowest BCUT2D eigenvalue weighted by Gasteiger charge is -2.08. The largest absolute Gasteiger partial charge is 0.372 e. The Morgan fingerprint density at radius 1 is 1.35 bits per heavy atom. The van der Waals surface area contributed by atoms with Gasteiger partial charge < -0.3 is 10.6 Å². The monoisotopic (exact) mass is 289 g/mol. The minimum Gasteiger partial charge on any atom is -0.372 e. The first-order valence-corrected chi connectivity index (χ1v) is 6.75. The Bertz CT molecular complexity index is 628. The van der Waals surface area contributed by atoms with Crippen LogP contribution in [0.3, 0.4) is 0 Å². The second-order valence-corrected chi connectivity index (χ2v) is 4.72. The highest BCUT2D eigenvalue weighted by Gasteiger charge is 2.09. The zero-order chi connectivity index (χ0) is 14.5. The third-order valence-corrected chi connectivity index (χ3v) is 3.22.